The molecule has 0 aromatic heterocycles. The minimum Gasteiger partial charge on any atom is -0.501 e. The Kier molecular flexibility index (Phi) is 5.72. The number of nitro groups is 4. The average Bonchev–Trinajstić information content (AvgIpc) is 2.66. The minimum atomic E-state index is -1.98. The maximum absolute atomic E-state index is 12.4. The Morgan fingerprint density at radius 1 is 0.742 bits per heavy atom. The third-order valence-electron chi connectivity index (χ3n) is 3.59. The minimum absolute atomic E-state index is 0.283. The molecule has 0 aliphatic rings. The predicted octanol–water partition coefficient (Wildman–Crippen LogP) is 1.94. The third kappa shape index (κ3) is 4.29. The van der Waals surface area contributed by atoms with E-state index in [4.69, 9.17) is 0 Å². The Balaban J connectivity index is 2.72. The standard InChI is InChI=1S/C14H6N4O13/c19-11-7(1-5(15(23)24)3-9(11)17(27)28)14(22)31-12-8(13(20)21)2-6(16(25)26)4-10(12)18(29)30/h1-4,19H,(H,20,21). The summed E-state index contributed by atoms with van der Waals surface area (Å²) in [5.41, 5.74) is -7.07. The van der Waals surface area contributed by atoms with Crippen molar-refractivity contribution >= 4 is 34.7 Å². The summed E-state index contributed by atoms with van der Waals surface area (Å²) in [6.45, 7) is 0. The maximum atomic E-state index is 12.4. The summed E-state index contributed by atoms with van der Waals surface area (Å²) < 4.78 is 4.58. The molecule has 0 atom stereocenters. The number of carbonyl (C=O) groups is 2. The van der Waals surface area contributed by atoms with Gasteiger partial charge in [-0.1, -0.05) is 0 Å². The van der Waals surface area contributed by atoms with Crippen LogP contribution in [0.4, 0.5) is 22.7 Å². The van der Waals surface area contributed by atoms with E-state index in [-0.39, 0.29) is 6.07 Å². The maximum Gasteiger partial charge on any atom is 0.348 e. The zero-order valence-corrected chi connectivity index (χ0v) is 14.5. The van der Waals surface area contributed by atoms with E-state index in [2.05, 4.69) is 4.74 Å². The van der Waals surface area contributed by atoms with E-state index >= 15 is 0 Å². The highest BCUT2D eigenvalue weighted by Crippen LogP contribution is 2.38. The summed E-state index contributed by atoms with van der Waals surface area (Å²) in [6, 6.07) is 1.30. The lowest BCUT2D eigenvalue weighted by Gasteiger charge is -2.09. The van der Waals surface area contributed by atoms with Crippen molar-refractivity contribution in [2.24, 2.45) is 0 Å². The van der Waals surface area contributed by atoms with Gasteiger partial charge in [-0.25, -0.2) is 9.59 Å². The van der Waals surface area contributed by atoms with Crippen LogP contribution < -0.4 is 4.74 Å². The van der Waals surface area contributed by atoms with Crippen LogP contribution in [0.5, 0.6) is 11.5 Å². The molecule has 0 radical (unpaired) electrons. The van der Waals surface area contributed by atoms with Crippen LogP contribution in [0.3, 0.4) is 0 Å². The smallest absolute Gasteiger partial charge is 0.348 e. The van der Waals surface area contributed by atoms with Crippen molar-refractivity contribution in [3.05, 3.63) is 75.8 Å². The molecular formula is C14H6N4O13. The van der Waals surface area contributed by atoms with Crippen LogP contribution in [0, 0.1) is 40.5 Å². The van der Waals surface area contributed by atoms with E-state index in [1.54, 1.807) is 0 Å². The molecular weight excluding hydrogens is 432 g/mol. The van der Waals surface area contributed by atoms with Crippen LogP contribution in [-0.2, 0) is 0 Å². The van der Waals surface area contributed by atoms with E-state index in [1.807, 2.05) is 0 Å². The Labute approximate surface area is 167 Å². The number of carboxylic acids is 1. The zero-order valence-electron chi connectivity index (χ0n) is 14.5. The predicted molar refractivity (Wildman–Crippen MR) is 93.1 cm³/mol. The van der Waals surface area contributed by atoms with Gasteiger partial charge < -0.3 is 14.9 Å². The van der Waals surface area contributed by atoms with Crippen molar-refractivity contribution in [3.63, 3.8) is 0 Å². The number of hydrogen-bond donors (Lipinski definition) is 2. The van der Waals surface area contributed by atoms with Gasteiger partial charge in [-0.2, -0.15) is 0 Å². The van der Waals surface area contributed by atoms with Crippen molar-refractivity contribution in [1.29, 1.82) is 0 Å². The van der Waals surface area contributed by atoms with Crippen molar-refractivity contribution < 1.29 is 44.2 Å². The third-order valence-corrected chi connectivity index (χ3v) is 3.59. The number of nitrogens with zero attached hydrogens (tertiary/aromatic N) is 4. The molecule has 0 unspecified atom stereocenters. The molecule has 2 aromatic carbocycles. The second kappa shape index (κ2) is 8.03. The number of benzene rings is 2. The van der Waals surface area contributed by atoms with Gasteiger partial charge in [0.2, 0.25) is 11.5 Å². The number of phenolic OH excluding ortho intramolecular Hbond substituents is 1. The number of nitro benzene ring substituents is 4. The highest BCUT2D eigenvalue weighted by atomic mass is 16.6. The molecule has 0 aliphatic heterocycles. The topological polar surface area (TPSA) is 256 Å². The van der Waals surface area contributed by atoms with Gasteiger partial charge in [0.15, 0.2) is 0 Å². The molecule has 0 spiro atoms. The monoisotopic (exact) mass is 438 g/mol. The summed E-state index contributed by atoms with van der Waals surface area (Å²) in [6.07, 6.45) is 0. The summed E-state index contributed by atoms with van der Waals surface area (Å²) in [5.74, 6) is -6.53. The highest BCUT2D eigenvalue weighted by Gasteiger charge is 2.33. The molecule has 17 heteroatoms. The molecule has 31 heavy (non-hydrogen) atoms. The average molecular weight is 438 g/mol. The summed E-state index contributed by atoms with van der Waals surface area (Å²) in [7, 11) is 0. The molecule has 17 nitrogen and oxygen atoms in total. The van der Waals surface area contributed by atoms with Crippen molar-refractivity contribution in [2.45, 2.75) is 0 Å². The number of hydrogen-bond acceptors (Lipinski definition) is 12. The van der Waals surface area contributed by atoms with Crippen molar-refractivity contribution in [2.75, 3.05) is 0 Å². The van der Waals surface area contributed by atoms with Crippen LogP contribution in [0.2, 0.25) is 0 Å². The number of ether oxygens (including phenoxy) is 1. The number of carbonyl (C=O) groups excluding carboxylic acids is 1. The first-order valence-corrected chi connectivity index (χ1v) is 7.43. The van der Waals surface area contributed by atoms with Crippen LogP contribution in [0.25, 0.3) is 0 Å². The first-order valence-electron chi connectivity index (χ1n) is 7.43. The number of aromatic carboxylic acids is 1. The number of esters is 1. The van der Waals surface area contributed by atoms with Gasteiger partial charge in [0.05, 0.1) is 31.8 Å². The number of non-ortho nitro benzene ring substituents is 2. The van der Waals surface area contributed by atoms with Crippen LogP contribution in [-0.4, -0.2) is 41.8 Å². The first-order chi connectivity index (χ1) is 14.3. The van der Waals surface area contributed by atoms with Gasteiger partial charge in [0.25, 0.3) is 11.4 Å². The molecule has 0 saturated carbocycles. The first kappa shape index (κ1) is 22.1. The normalized spacial score (nSPS) is 10.2. The summed E-state index contributed by atoms with van der Waals surface area (Å²) in [4.78, 5) is 62.8. The fourth-order valence-corrected chi connectivity index (χ4v) is 2.26. The van der Waals surface area contributed by atoms with Crippen molar-refractivity contribution in [1.82, 2.24) is 0 Å². The molecule has 0 fully saturated rings. The Hall–Kier alpha value is -5.22. The Morgan fingerprint density at radius 3 is 1.61 bits per heavy atom. The summed E-state index contributed by atoms with van der Waals surface area (Å²) in [5, 5.41) is 63.0. The van der Waals surface area contributed by atoms with Gasteiger partial charge in [-0.15, -0.1) is 0 Å². The largest absolute Gasteiger partial charge is 0.501 e. The number of carboxylic acid groups (broad SMARTS) is 1. The zero-order chi connectivity index (χ0) is 23.6. The number of rotatable bonds is 7. The Morgan fingerprint density at radius 2 is 1.19 bits per heavy atom. The fraction of sp³-hybridized carbons (Fsp3) is 0. The molecule has 0 saturated heterocycles. The molecule has 0 heterocycles. The lowest BCUT2D eigenvalue weighted by molar-refractivity contribution is -0.394. The van der Waals surface area contributed by atoms with Gasteiger partial charge in [-0.05, 0) is 0 Å². The lowest BCUT2D eigenvalue weighted by Crippen LogP contribution is -2.14. The van der Waals surface area contributed by atoms with Crippen LogP contribution >= 0.6 is 0 Å². The van der Waals surface area contributed by atoms with E-state index in [0.29, 0.717) is 18.2 Å². The quantitative estimate of drug-likeness (QED) is 0.271. The molecule has 0 bridgehead atoms. The van der Waals surface area contributed by atoms with Gasteiger partial charge >= 0.3 is 23.3 Å². The van der Waals surface area contributed by atoms with Gasteiger partial charge in [-0.3, -0.25) is 40.5 Å². The van der Waals surface area contributed by atoms with Crippen LogP contribution in [0.1, 0.15) is 20.7 Å². The highest BCUT2D eigenvalue weighted by molar-refractivity contribution is 6.00. The number of phenols is 1. The lowest BCUT2D eigenvalue weighted by atomic mass is 10.1. The van der Waals surface area contributed by atoms with E-state index in [1.165, 1.54) is 0 Å². The van der Waals surface area contributed by atoms with E-state index in [9.17, 15) is 60.3 Å². The fourth-order valence-electron chi connectivity index (χ4n) is 2.26. The second-order valence-electron chi connectivity index (χ2n) is 5.43. The van der Waals surface area contributed by atoms with Gasteiger partial charge in [0, 0.05) is 12.1 Å². The molecule has 160 valence electrons. The molecule has 0 aliphatic carbocycles. The molecule has 0 amide bonds. The van der Waals surface area contributed by atoms with E-state index < -0.39 is 77.0 Å². The van der Waals surface area contributed by atoms with Crippen molar-refractivity contribution in [3.8, 4) is 11.5 Å². The summed E-state index contributed by atoms with van der Waals surface area (Å²) >= 11 is 0. The van der Waals surface area contributed by atoms with Crippen LogP contribution in [0.15, 0.2) is 24.3 Å². The van der Waals surface area contributed by atoms with Gasteiger partial charge in [0.1, 0.15) is 11.1 Å². The second-order valence-corrected chi connectivity index (χ2v) is 5.43. The Bertz CT molecular complexity index is 1150. The van der Waals surface area contributed by atoms with E-state index in [0.717, 1.165) is 0 Å². The molecule has 2 aromatic rings. The number of aromatic hydroxyl groups is 1. The SMILES string of the molecule is O=C(Oc1c(C(=O)O)cc([N+](=O)[O-])cc1[N+](=O)[O-])c1cc([N+](=O)[O-])cc([N+](=O)[O-])c1O. The molecule has 2 rings (SSSR count). The molecule has 2 N–H and O–H groups in total.